The molecule has 1 rings (SSSR count). The van der Waals surface area contributed by atoms with E-state index in [4.69, 9.17) is 5.11 Å². The molecule has 2 amide bonds. The van der Waals surface area contributed by atoms with Gasteiger partial charge in [0, 0.05) is 30.1 Å². The van der Waals surface area contributed by atoms with Gasteiger partial charge >= 0.3 is 12.0 Å². The van der Waals surface area contributed by atoms with E-state index in [0.29, 0.717) is 30.1 Å². The van der Waals surface area contributed by atoms with Crippen molar-refractivity contribution in [3.8, 4) is 0 Å². The van der Waals surface area contributed by atoms with Gasteiger partial charge in [-0.3, -0.25) is 4.79 Å². The summed E-state index contributed by atoms with van der Waals surface area (Å²) in [5.74, 6) is -0.954. The lowest BCUT2D eigenvalue weighted by molar-refractivity contribution is -0.137. The minimum absolute atomic E-state index is 0.141. The summed E-state index contributed by atoms with van der Waals surface area (Å²) in [6, 6.07) is -0.141. The van der Waals surface area contributed by atoms with Crippen molar-refractivity contribution in [2.75, 3.05) is 26.2 Å². The molecule has 1 N–H and O–H groups in total. The molecular formula is C12H22N2O3S. The van der Waals surface area contributed by atoms with Gasteiger partial charge in [0.25, 0.3) is 0 Å². The van der Waals surface area contributed by atoms with Gasteiger partial charge in [0.2, 0.25) is 0 Å². The summed E-state index contributed by atoms with van der Waals surface area (Å²) in [7, 11) is 0. The Hall–Kier alpha value is -0.910. The Morgan fingerprint density at radius 1 is 1.33 bits per heavy atom. The van der Waals surface area contributed by atoms with Gasteiger partial charge < -0.3 is 14.9 Å². The molecule has 0 saturated carbocycles. The van der Waals surface area contributed by atoms with Gasteiger partial charge in [-0.25, -0.2) is 4.79 Å². The van der Waals surface area contributed by atoms with E-state index in [1.165, 1.54) is 4.90 Å². The molecule has 1 aliphatic heterocycles. The van der Waals surface area contributed by atoms with Crippen LogP contribution in [0.15, 0.2) is 0 Å². The predicted octanol–water partition coefficient (Wildman–Crippen LogP) is 1.73. The number of urea groups is 1. The van der Waals surface area contributed by atoms with Crippen molar-refractivity contribution in [1.29, 1.82) is 0 Å². The van der Waals surface area contributed by atoms with Crippen molar-refractivity contribution in [3.05, 3.63) is 0 Å². The van der Waals surface area contributed by atoms with Crippen LogP contribution in [0.1, 0.15) is 27.2 Å². The first-order valence-electron chi connectivity index (χ1n) is 6.35. The highest BCUT2D eigenvalue weighted by Gasteiger charge is 2.29. The molecule has 6 heteroatoms. The Morgan fingerprint density at radius 3 is 2.33 bits per heavy atom. The van der Waals surface area contributed by atoms with Gasteiger partial charge in [0.05, 0.1) is 0 Å². The fraction of sp³-hybridized carbons (Fsp3) is 0.833. The summed E-state index contributed by atoms with van der Waals surface area (Å²) in [5, 5.41) is 9.66. The highest BCUT2D eigenvalue weighted by atomic mass is 32.2. The van der Waals surface area contributed by atoms with Crippen LogP contribution in [0.25, 0.3) is 0 Å². The second-order valence-electron chi connectivity index (χ2n) is 4.76. The van der Waals surface area contributed by atoms with Crippen LogP contribution < -0.4 is 0 Å². The molecule has 1 aliphatic rings. The van der Waals surface area contributed by atoms with Gasteiger partial charge in [-0.15, -0.1) is 0 Å². The summed E-state index contributed by atoms with van der Waals surface area (Å²) in [5.41, 5.74) is 0. The van der Waals surface area contributed by atoms with Crippen LogP contribution in [0.2, 0.25) is 0 Å². The van der Waals surface area contributed by atoms with E-state index in [9.17, 15) is 9.59 Å². The topological polar surface area (TPSA) is 60.9 Å². The van der Waals surface area contributed by atoms with Crippen molar-refractivity contribution < 1.29 is 14.7 Å². The fourth-order valence-electron chi connectivity index (χ4n) is 2.21. The maximum atomic E-state index is 12.3. The number of hydrogen-bond acceptors (Lipinski definition) is 3. The number of carboxylic acid groups (broad SMARTS) is 1. The van der Waals surface area contributed by atoms with Crippen molar-refractivity contribution in [1.82, 2.24) is 9.80 Å². The van der Waals surface area contributed by atoms with Gasteiger partial charge in [-0.2, -0.15) is 11.8 Å². The number of thioether (sulfide) groups is 1. The van der Waals surface area contributed by atoms with E-state index >= 15 is 0 Å². The molecule has 1 fully saturated rings. The quantitative estimate of drug-likeness (QED) is 0.848. The first kappa shape index (κ1) is 15.1. The van der Waals surface area contributed by atoms with Crippen LogP contribution in [0.5, 0.6) is 0 Å². The number of hydrogen-bond donors (Lipinski definition) is 1. The average Bonchev–Trinajstić information content (AvgIpc) is 2.25. The Bertz CT molecular complexity index is 302. The van der Waals surface area contributed by atoms with Gasteiger partial charge in [-0.05, 0) is 6.42 Å². The monoisotopic (exact) mass is 274 g/mol. The lowest BCUT2D eigenvalue weighted by Gasteiger charge is -2.37. The van der Waals surface area contributed by atoms with Crippen LogP contribution >= 0.6 is 11.8 Å². The summed E-state index contributed by atoms with van der Waals surface area (Å²) in [6.07, 6.45) is 0.771. The Kier molecular flexibility index (Phi) is 5.78. The number of carbonyl (C=O) groups is 2. The third-order valence-corrected chi connectivity index (χ3v) is 4.01. The number of nitrogens with zero attached hydrogens (tertiary/aromatic N) is 2. The normalized spacial score (nSPS) is 23.8. The predicted molar refractivity (Wildman–Crippen MR) is 73.0 cm³/mol. The molecule has 104 valence electrons. The maximum Gasteiger partial charge on any atom is 0.323 e. The summed E-state index contributed by atoms with van der Waals surface area (Å²) < 4.78 is 0. The molecular weight excluding hydrogens is 252 g/mol. The number of amides is 2. The van der Waals surface area contributed by atoms with E-state index in [1.807, 2.05) is 18.7 Å². The molecule has 18 heavy (non-hydrogen) atoms. The van der Waals surface area contributed by atoms with E-state index in [-0.39, 0.29) is 12.6 Å². The van der Waals surface area contributed by atoms with E-state index in [0.717, 1.165) is 6.42 Å². The van der Waals surface area contributed by atoms with Gasteiger partial charge in [0.15, 0.2) is 0 Å². The Labute approximate surface area is 113 Å². The number of aliphatic carboxylic acids is 1. The molecule has 1 heterocycles. The summed E-state index contributed by atoms with van der Waals surface area (Å²) in [4.78, 5) is 26.3. The van der Waals surface area contributed by atoms with Crippen molar-refractivity contribution in [3.63, 3.8) is 0 Å². The highest BCUT2D eigenvalue weighted by Crippen LogP contribution is 2.25. The number of rotatable bonds is 4. The van der Waals surface area contributed by atoms with Gasteiger partial charge in [0.1, 0.15) is 6.54 Å². The Balaban J connectivity index is 2.66. The van der Waals surface area contributed by atoms with Crippen molar-refractivity contribution >= 4 is 23.8 Å². The molecule has 0 bridgehead atoms. The average molecular weight is 274 g/mol. The maximum absolute atomic E-state index is 12.3. The van der Waals surface area contributed by atoms with Crippen LogP contribution in [-0.2, 0) is 4.79 Å². The fourth-order valence-corrected chi connectivity index (χ4v) is 3.53. The van der Waals surface area contributed by atoms with Crippen LogP contribution in [0.3, 0.4) is 0 Å². The van der Waals surface area contributed by atoms with Crippen molar-refractivity contribution in [2.45, 2.75) is 37.7 Å². The summed E-state index contributed by atoms with van der Waals surface area (Å²) in [6.45, 7) is 7.83. The third kappa shape index (κ3) is 4.40. The molecule has 2 unspecified atom stereocenters. The Morgan fingerprint density at radius 2 is 1.89 bits per heavy atom. The molecule has 0 aromatic heterocycles. The van der Waals surface area contributed by atoms with E-state index in [1.54, 1.807) is 4.90 Å². The smallest absolute Gasteiger partial charge is 0.323 e. The van der Waals surface area contributed by atoms with Crippen molar-refractivity contribution in [2.24, 2.45) is 0 Å². The van der Waals surface area contributed by atoms with Crippen LogP contribution in [0, 0.1) is 0 Å². The molecule has 0 aliphatic carbocycles. The third-order valence-electron chi connectivity index (χ3n) is 2.78. The number of carbonyl (C=O) groups excluding carboxylic acids is 1. The number of carboxylic acids is 1. The lowest BCUT2D eigenvalue weighted by atomic mass is 10.3. The molecule has 0 radical (unpaired) electrons. The first-order chi connectivity index (χ1) is 8.43. The molecule has 1 saturated heterocycles. The lowest BCUT2D eigenvalue weighted by Crippen LogP contribution is -2.51. The molecule has 0 aromatic rings. The minimum Gasteiger partial charge on any atom is -0.480 e. The SMILES string of the molecule is CCCN(CC(=O)O)C(=O)N1CC(C)SC(C)C1. The van der Waals surface area contributed by atoms with Gasteiger partial charge in [-0.1, -0.05) is 20.8 Å². The largest absolute Gasteiger partial charge is 0.480 e. The zero-order valence-electron chi connectivity index (χ0n) is 11.3. The summed E-state index contributed by atoms with van der Waals surface area (Å²) >= 11 is 1.87. The second kappa shape index (κ2) is 6.87. The second-order valence-corrected chi connectivity index (χ2v) is 6.64. The van der Waals surface area contributed by atoms with E-state index < -0.39 is 5.97 Å². The zero-order chi connectivity index (χ0) is 13.7. The molecule has 5 nitrogen and oxygen atoms in total. The minimum atomic E-state index is -0.954. The molecule has 0 spiro atoms. The van der Waals surface area contributed by atoms with Crippen LogP contribution in [-0.4, -0.2) is 63.6 Å². The standard InChI is InChI=1S/C12H22N2O3S/c1-4-5-13(8-11(15)16)12(17)14-6-9(2)18-10(3)7-14/h9-10H,4-8H2,1-3H3,(H,15,16). The first-order valence-corrected chi connectivity index (χ1v) is 7.29. The van der Waals surface area contributed by atoms with E-state index in [2.05, 4.69) is 13.8 Å². The highest BCUT2D eigenvalue weighted by molar-refractivity contribution is 8.00. The molecule has 2 atom stereocenters. The molecule has 0 aromatic carbocycles. The zero-order valence-corrected chi connectivity index (χ0v) is 12.1. The van der Waals surface area contributed by atoms with Crippen LogP contribution in [0.4, 0.5) is 4.79 Å².